The van der Waals surface area contributed by atoms with Gasteiger partial charge in [-0.05, 0) is 18.6 Å². The standard InChI is InChI=1S/C12H13NO4/c1-8-2-3-10-11(5-13(15)16)9(6-14)7-17-12(10)4-8/h2-4,6,9,11H,5,7H2,1H3/t9-,11+/m0/s1. The lowest BCUT2D eigenvalue weighted by Gasteiger charge is -2.28. The summed E-state index contributed by atoms with van der Waals surface area (Å²) in [5.74, 6) is -0.155. The molecule has 0 radical (unpaired) electrons. The Morgan fingerprint density at radius 2 is 2.35 bits per heavy atom. The highest BCUT2D eigenvalue weighted by atomic mass is 16.6. The molecule has 90 valence electrons. The first-order valence-electron chi connectivity index (χ1n) is 5.42. The Hall–Kier alpha value is -1.91. The average molecular weight is 235 g/mol. The van der Waals surface area contributed by atoms with E-state index in [-0.39, 0.29) is 24.0 Å². The molecule has 0 N–H and O–H groups in total. The van der Waals surface area contributed by atoms with Crippen molar-refractivity contribution in [2.45, 2.75) is 12.8 Å². The van der Waals surface area contributed by atoms with Gasteiger partial charge >= 0.3 is 0 Å². The Labute approximate surface area is 98.5 Å². The zero-order chi connectivity index (χ0) is 12.4. The Balaban J connectivity index is 2.39. The molecule has 0 aromatic heterocycles. The molecule has 1 aromatic rings. The average Bonchev–Trinajstić information content (AvgIpc) is 2.28. The van der Waals surface area contributed by atoms with Gasteiger partial charge in [0.1, 0.15) is 12.0 Å². The van der Waals surface area contributed by atoms with Gasteiger partial charge in [-0.25, -0.2) is 0 Å². The fourth-order valence-electron chi connectivity index (χ4n) is 2.13. The third-order valence-electron chi connectivity index (χ3n) is 3.04. The molecule has 0 unspecified atom stereocenters. The fourth-order valence-corrected chi connectivity index (χ4v) is 2.13. The second kappa shape index (κ2) is 4.53. The van der Waals surface area contributed by atoms with Gasteiger partial charge < -0.3 is 9.53 Å². The van der Waals surface area contributed by atoms with Crippen LogP contribution in [-0.4, -0.2) is 24.4 Å². The molecule has 1 aromatic carbocycles. The third kappa shape index (κ3) is 2.27. The van der Waals surface area contributed by atoms with Gasteiger partial charge in [-0.15, -0.1) is 0 Å². The lowest BCUT2D eigenvalue weighted by Crippen LogP contribution is -2.31. The first-order valence-corrected chi connectivity index (χ1v) is 5.42. The van der Waals surface area contributed by atoms with Crippen molar-refractivity contribution < 1.29 is 14.5 Å². The molecule has 1 heterocycles. The molecule has 17 heavy (non-hydrogen) atoms. The Morgan fingerprint density at radius 1 is 1.59 bits per heavy atom. The number of nitrogens with zero attached hydrogens (tertiary/aromatic N) is 1. The van der Waals surface area contributed by atoms with Crippen molar-refractivity contribution in [1.29, 1.82) is 0 Å². The van der Waals surface area contributed by atoms with Crippen LogP contribution in [0.1, 0.15) is 17.0 Å². The van der Waals surface area contributed by atoms with Gasteiger partial charge in [-0.1, -0.05) is 12.1 Å². The van der Waals surface area contributed by atoms with Gasteiger partial charge in [0.15, 0.2) is 0 Å². The van der Waals surface area contributed by atoms with E-state index in [1.807, 2.05) is 25.1 Å². The molecule has 0 spiro atoms. The minimum Gasteiger partial charge on any atom is -0.493 e. The number of carbonyl (C=O) groups is 1. The molecule has 5 heteroatoms. The van der Waals surface area contributed by atoms with Gasteiger partial charge in [0.05, 0.1) is 18.4 Å². The molecule has 0 bridgehead atoms. The van der Waals surface area contributed by atoms with Gasteiger partial charge in [0.25, 0.3) is 0 Å². The lowest BCUT2D eigenvalue weighted by atomic mass is 9.84. The summed E-state index contributed by atoms with van der Waals surface area (Å²) in [6.45, 7) is 1.92. The first kappa shape index (κ1) is 11.6. The van der Waals surface area contributed by atoms with Crippen LogP contribution in [0.15, 0.2) is 18.2 Å². The van der Waals surface area contributed by atoms with E-state index < -0.39 is 5.92 Å². The molecule has 0 aliphatic carbocycles. The summed E-state index contributed by atoms with van der Waals surface area (Å²) in [6.07, 6.45) is 0.747. The maximum Gasteiger partial charge on any atom is 0.211 e. The van der Waals surface area contributed by atoms with Gasteiger partial charge in [0.2, 0.25) is 6.54 Å². The van der Waals surface area contributed by atoms with Crippen molar-refractivity contribution in [1.82, 2.24) is 0 Å². The highest BCUT2D eigenvalue weighted by molar-refractivity contribution is 5.58. The number of aryl methyl sites for hydroxylation is 1. The van der Waals surface area contributed by atoms with E-state index in [1.165, 1.54) is 0 Å². The number of aldehydes is 1. The number of rotatable bonds is 3. The number of hydrogen-bond donors (Lipinski definition) is 0. The summed E-state index contributed by atoms with van der Waals surface area (Å²) in [5.41, 5.74) is 1.80. The number of hydrogen-bond acceptors (Lipinski definition) is 4. The molecule has 5 nitrogen and oxygen atoms in total. The van der Waals surface area contributed by atoms with E-state index in [1.54, 1.807) is 0 Å². The van der Waals surface area contributed by atoms with Crippen molar-refractivity contribution >= 4 is 6.29 Å². The summed E-state index contributed by atoms with van der Waals surface area (Å²) in [7, 11) is 0. The summed E-state index contributed by atoms with van der Waals surface area (Å²) in [6, 6.07) is 5.54. The topological polar surface area (TPSA) is 69.4 Å². The predicted molar refractivity (Wildman–Crippen MR) is 60.8 cm³/mol. The predicted octanol–water partition coefficient (Wildman–Crippen LogP) is 1.56. The van der Waals surface area contributed by atoms with E-state index in [4.69, 9.17) is 4.74 Å². The zero-order valence-corrected chi connectivity index (χ0v) is 9.46. The number of carbonyl (C=O) groups excluding carboxylic acids is 1. The number of nitro groups is 1. The van der Waals surface area contributed by atoms with Crippen LogP contribution < -0.4 is 4.74 Å². The van der Waals surface area contributed by atoms with Crippen LogP contribution >= 0.6 is 0 Å². The Morgan fingerprint density at radius 3 is 3.00 bits per heavy atom. The minimum absolute atomic E-state index is 0.221. The second-order valence-electron chi connectivity index (χ2n) is 4.27. The van der Waals surface area contributed by atoms with E-state index in [0.717, 1.165) is 17.4 Å². The van der Waals surface area contributed by atoms with Gasteiger partial charge in [-0.3, -0.25) is 10.1 Å². The van der Waals surface area contributed by atoms with Gasteiger partial charge in [-0.2, -0.15) is 0 Å². The highest BCUT2D eigenvalue weighted by Crippen LogP contribution is 2.36. The van der Waals surface area contributed by atoms with E-state index in [2.05, 4.69) is 0 Å². The Kier molecular flexibility index (Phi) is 3.08. The SMILES string of the molecule is Cc1ccc2c(c1)OC[C@H](C=O)[C@H]2C[N+](=O)[O-]. The molecular weight excluding hydrogens is 222 g/mol. The normalized spacial score (nSPS) is 22.4. The largest absolute Gasteiger partial charge is 0.493 e. The third-order valence-corrected chi connectivity index (χ3v) is 3.04. The van der Waals surface area contributed by atoms with Crippen LogP contribution in [0, 0.1) is 23.0 Å². The smallest absolute Gasteiger partial charge is 0.211 e. The molecule has 1 aliphatic heterocycles. The number of ether oxygens (including phenoxy) is 1. The van der Waals surface area contributed by atoms with E-state index >= 15 is 0 Å². The monoisotopic (exact) mass is 235 g/mol. The molecule has 0 saturated heterocycles. The molecule has 0 saturated carbocycles. The lowest BCUT2D eigenvalue weighted by molar-refractivity contribution is -0.484. The molecule has 2 rings (SSSR count). The molecule has 0 amide bonds. The van der Waals surface area contributed by atoms with E-state index in [0.29, 0.717) is 5.75 Å². The summed E-state index contributed by atoms with van der Waals surface area (Å²) < 4.78 is 5.47. The van der Waals surface area contributed by atoms with E-state index in [9.17, 15) is 14.9 Å². The summed E-state index contributed by atoms with van der Waals surface area (Å²) >= 11 is 0. The van der Waals surface area contributed by atoms with Crippen LogP contribution in [0.2, 0.25) is 0 Å². The second-order valence-corrected chi connectivity index (χ2v) is 4.27. The minimum atomic E-state index is -0.435. The van der Waals surface area contributed by atoms with Crippen molar-refractivity contribution in [2.24, 2.45) is 5.92 Å². The van der Waals surface area contributed by atoms with Gasteiger partial charge in [0, 0.05) is 10.5 Å². The summed E-state index contributed by atoms with van der Waals surface area (Å²) in [5, 5.41) is 10.7. The van der Waals surface area contributed by atoms with Crippen LogP contribution in [0.5, 0.6) is 5.75 Å². The van der Waals surface area contributed by atoms with Crippen LogP contribution in [0.3, 0.4) is 0 Å². The molecule has 0 fully saturated rings. The van der Waals surface area contributed by atoms with Crippen molar-refractivity contribution in [3.63, 3.8) is 0 Å². The van der Waals surface area contributed by atoms with Crippen molar-refractivity contribution in [3.05, 3.63) is 39.4 Å². The summed E-state index contributed by atoms with van der Waals surface area (Å²) in [4.78, 5) is 21.2. The van der Waals surface area contributed by atoms with Crippen LogP contribution in [-0.2, 0) is 4.79 Å². The maximum atomic E-state index is 10.9. The zero-order valence-electron chi connectivity index (χ0n) is 9.46. The van der Waals surface area contributed by atoms with Crippen LogP contribution in [0.4, 0.5) is 0 Å². The van der Waals surface area contributed by atoms with Crippen LogP contribution in [0.25, 0.3) is 0 Å². The van der Waals surface area contributed by atoms with Crippen molar-refractivity contribution in [2.75, 3.05) is 13.2 Å². The number of benzene rings is 1. The first-order chi connectivity index (χ1) is 8.11. The fraction of sp³-hybridized carbons (Fsp3) is 0.417. The highest BCUT2D eigenvalue weighted by Gasteiger charge is 2.34. The molecule has 2 atom stereocenters. The van der Waals surface area contributed by atoms with Crippen molar-refractivity contribution in [3.8, 4) is 5.75 Å². The molecular formula is C12H13NO4. The number of fused-ring (bicyclic) bond motifs is 1. The maximum absolute atomic E-state index is 10.9. The Bertz CT molecular complexity index is 458. The quantitative estimate of drug-likeness (QED) is 0.453. The molecule has 1 aliphatic rings.